The highest BCUT2D eigenvalue weighted by Crippen LogP contribution is 2.40. The van der Waals surface area contributed by atoms with Crippen molar-refractivity contribution in [3.8, 4) is 0 Å². The molecule has 3 heteroatoms. The van der Waals surface area contributed by atoms with E-state index in [0.717, 1.165) is 38.9 Å². The predicted molar refractivity (Wildman–Crippen MR) is 52.1 cm³/mol. The fourth-order valence-corrected chi connectivity index (χ4v) is 2.94. The molecule has 1 aliphatic carbocycles. The minimum absolute atomic E-state index is 0.462. The molecular weight excluding hydrogens is 178 g/mol. The highest BCUT2D eigenvalue weighted by Gasteiger charge is 2.50. The van der Waals surface area contributed by atoms with Crippen LogP contribution in [0.1, 0.15) is 25.7 Å². The average molecular weight is 195 g/mol. The third-order valence-corrected chi connectivity index (χ3v) is 3.92. The lowest BCUT2D eigenvalue weighted by Crippen LogP contribution is -2.68. The Labute approximate surface area is 84.4 Å². The number of ketones is 1. The Morgan fingerprint density at radius 3 is 2.36 bits per heavy atom. The van der Waals surface area contributed by atoms with E-state index in [-0.39, 0.29) is 0 Å². The monoisotopic (exact) mass is 195 g/mol. The summed E-state index contributed by atoms with van der Waals surface area (Å²) < 4.78 is 5.25. The molecule has 3 fully saturated rings. The Hall–Kier alpha value is -0.410. The van der Waals surface area contributed by atoms with E-state index in [9.17, 15) is 4.79 Å². The van der Waals surface area contributed by atoms with Gasteiger partial charge in [0, 0.05) is 37.4 Å². The van der Waals surface area contributed by atoms with Crippen molar-refractivity contribution >= 4 is 5.78 Å². The van der Waals surface area contributed by atoms with Crippen LogP contribution in [0.5, 0.6) is 0 Å². The quantitative estimate of drug-likeness (QED) is 0.620. The van der Waals surface area contributed by atoms with Crippen LogP contribution < -0.4 is 0 Å². The maximum atomic E-state index is 11.1. The maximum absolute atomic E-state index is 11.1. The highest BCUT2D eigenvalue weighted by atomic mass is 16.5. The second-order valence-electron chi connectivity index (χ2n) is 5.17. The molecule has 3 nitrogen and oxygen atoms in total. The lowest BCUT2D eigenvalue weighted by Gasteiger charge is -2.58. The molecule has 2 heterocycles. The number of hydrogen-bond donors (Lipinski definition) is 0. The van der Waals surface area contributed by atoms with E-state index in [0.29, 0.717) is 17.2 Å². The number of rotatable bonds is 1. The Bertz CT molecular complexity index is 242. The number of carbonyl (C=O) groups is 1. The molecular formula is C11H17NO2. The van der Waals surface area contributed by atoms with Crippen molar-refractivity contribution in [3.05, 3.63) is 0 Å². The van der Waals surface area contributed by atoms with Gasteiger partial charge in [-0.3, -0.25) is 9.69 Å². The molecule has 14 heavy (non-hydrogen) atoms. The topological polar surface area (TPSA) is 29.5 Å². The van der Waals surface area contributed by atoms with Crippen LogP contribution in [0.3, 0.4) is 0 Å². The third-order valence-electron chi connectivity index (χ3n) is 3.92. The predicted octanol–water partition coefficient (Wildman–Crippen LogP) is 0.830. The number of ether oxygens (including phenoxy) is 1. The van der Waals surface area contributed by atoms with Crippen molar-refractivity contribution in [2.24, 2.45) is 5.41 Å². The SMILES string of the molecule is O=C1CCC(N2CC3(COC3)C2)CC1. The smallest absolute Gasteiger partial charge is 0.133 e. The normalized spacial score (nSPS) is 32.7. The average Bonchev–Trinajstić information content (AvgIpc) is 2.03. The summed E-state index contributed by atoms with van der Waals surface area (Å²) in [5, 5.41) is 0. The Morgan fingerprint density at radius 2 is 1.86 bits per heavy atom. The standard InChI is InChI=1S/C11H17NO2/c13-10-3-1-9(2-4-10)12-5-11(6-12)7-14-8-11/h9H,1-8H2. The van der Waals surface area contributed by atoms with Gasteiger partial charge in [0.25, 0.3) is 0 Å². The summed E-state index contributed by atoms with van der Waals surface area (Å²) in [6, 6.07) is 0.693. The molecule has 3 aliphatic rings. The summed E-state index contributed by atoms with van der Waals surface area (Å²) in [6.07, 6.45) is 3.81. The lowest BCUT2D eigenvalue weighted by atomic mass is 9.75. The van der Waals surface area contributed by atoms with Crippen LogP contribution >= 0.6 is 0 Å². The van der Waals surface area contributed by atoms with Gasteiger partial charge in [-0.15, -0.1) is 0 Å². The first-order valence-electron chi connectivity index (χ1n) is 5.61. The fraction of sp³-hybridized carbons (Fsp3) is 0.909. The van der Waals surface area contributed by atoms with Gasteiger partial charge in [-0.1, -0.05) is 0 Å². The van der Waals surface area contributed by atoms with Gasteiger partial charge in [-0.25, -0.2) is 0 Å². The molecule has 78 valence electrons. The summed E-state index contributed by atoms with van der Waals surface area (Å²) >= 11 is 0. The molecule has 0 atom stereocenters. The van der Waals surface area contributed by atoms with Gasteiger partial charge >= 0.3 is 0 Å². The molecule has 1 spiro atoms. The first-order valence-corrected chi connectivity index (χ1v) is 5.61. The zero-order valence-electron chi connectivity index (χ0n) is 8.50. The summed E-state index contributed by atoms with van der Waals surface area (Å²) in [6.45, 7) is 4.36. The second kappa shape index (κ2) is 3.04. The van der Waals surface area contributed by atoms with Crippen molar-refractivity contribution in [1.29, 1.82) is 0 Å². The fourth-order valence-electron chi connectivity index (χ4n) is 2.94. The molecule has 3 rings (SSSR count). The summed E-state index contributed by atoms with van der Waals surface area (Å²) in [5.74, 6) is 0.462. The molecule has 0 radical (unpaired) electrons. The molecule has 0 aromatic carbocycles. The van der Waals surface area contributed by atoms with E-state index >= 15 is 0 Å². The highest BCUT2D eigenvalue weighted by molar-refractivity contribution is 5.79. The summed E-state index contributed by atoms with van der Waals surface area (Å²) in [4.78, 5) is 13.6. The van der Waals surface area contributed by atoms with E-state index in [1.54, 1.807) is 0 Å². The van der Waals surface area contributed by atoms with Gasteiger partial charge in [0.15, 0.2) is 0 Å². The first-order chi connectivity index (χ1) is 6.77. The number of nitrogens with zero attached hydrogens (tertiary/aromatic N) is 1. The molecule has 0 aromatic heterocycles. The van der Waals surface area contributed by atoms with Crippen LogP contribution in [0.15, 0.2) is 0 Å². The van der Waals surface area contributed by atoms with Crippen molar-refractivity contribution in [1.82, 2.24) is 4.90 Å². The second-order valence-corrected chi connectivity index (χ2v) is 5.17. The summed E-state index contributed by atoms with van der Waals surface area (Å²) in [7, 11) is 0. The van der Waals surface area contributed by atoms with Crippen molar-refractivity contribution in [3.63, 3.8) is 0 Å². The Kier molecular flexibility index (Phi) is 1.92. The van der Waals surface area contributed by atoms with E-state index in [4.69, 9.17) is 4.74 Å². The molecule has 2 aliphatic heterocycles. The first kappa shape index (κ1) is 8.86. The molecule has 2 saturated heterocycles. The zero-order chi connectivity index (χ0) is 9.60. The number of hydrogen-bond acceptors (Lipinski definition) is 3. The van der Waals surface area contributed by atoms with E-state index in [1.165, 1.54) is 13.1 Å². The minimum Gasteiger partial charge on any atom is -0.380 e. The molecule has 1 saturated carbocycles. The van der Waals surface area contributed by atoms with Crippen molar-refractivity contribution < 1.29 is 9.53 Å². The molecule has 0 bridgehead atoms. The largest absolute Gasteiger partial charge is 0.380 e. The summed E-state index contributed by atoms with van der Waals surface area (Å²) in [5.41, 5.74) is 0.529. The number of carbonyl (C=O) groups excluding carboxylic acids is 1. The minimum atomic E-state index is 0.462. The number of likely N-dealkylation sites (tertiary alicyclic amines) is 1. The van der Waals surface area contributed by atoms with Gasteiger partial charge in [-0.05, 0) is 12.8 Å². The van der Waals surface area contributed by atoms with Crippen molar-refractivity contribution in [2.75, 3.05) is 26.3 Å². The Morgan fingerprint density at radius 1 is 1.21 bits per heavy atom. The lowest BCUT2D eigenvalue weighted by molar-refractivity contribution is -0.200. The molecule has 0 unspecified atom stereocenters. The molecule has 0 aromatic rings. The van der Waals surface area contributed by atoms with Crippen LogP contribution in [0.25, 0.3) is 0 Å². The van der Waals surface area contributed by atoms with Gasteiger partial charge in [0.2, 0.25) is 0 Å². The van der Waals surface area contributed by atoms with Crippen LogP contribution in [-0.4, -0.2) is 43.0 Å². The van der Waals surface area contributed by atoms with Crippen LogP contribution in [0.2, 0.25) is 0 Å². The van der Waals surface area contributed by atoms with Crippen molar-refractivity contribution in [2.45, 2.75) is 31.7 Å². The third kappa shape index (κ3) is 1.30. The zero-order valence-corrected chi connectivity index (χ0v) is 8.50. The van der Waals surface area contributed by atoms with Gasteiger partial charge in [0.1, 0.15) is 5.78 Å². The molecule has 0 amide bonds. The van der Waals surface area contributed by atoms with Crippen LogP contribution in [0, 0.1) is 5.41 Å². The number of Topliss-reactive ketones (excluding diaryl/α,β-unsaturated/α-hetero) is 1. The van der Waals surface area contributed by atoms with Gasteiger partial charge < -0.3 is 4.74 Å². The van der Waals surface area contributed by atoms with E-state index in [2.05, 4.69) is 4.90 Å². The van der Waals surface area contributed by atoms with Gasteiger partial charge in [-0.2, -0.15) is 0 Å². The molecule has 0 N–H and O–H groups in total. The van der Waals surface area contributed by atoms with Gasteiger partial charge in [0.05, 0.1) is 13.2 Å². The Balaban J connectivity index is 1.51. The van der Waals surface area contributed by atoms with Crippen LogP contribution in [0.4, 0.5) is 0 Å². The van der Waals surface area contributed by atoms with E-state index < -0.39 is 0 Å². The van der Waals surface area contributed by atoms with Crippen LogP contribution in [-0.2, 0) is 9.53 Å². The van der Waals surface area contributed by atoms with E-state index in [1.807, 2.05) is 0 Å². The maximum Gasteiger partial charge on any atom is 0.133 e.